The minimum Gasteiger partial charge on any atom is -0.464 e. The van der Waals surface area contributed by atoms with Crippen LogP contribution >= 0.6 is 11.8 Å². The van der Waals surface area contributed by atoms with Crippen LogP contribution in [0.2, 0.25) is 0 Å². The molecule has 0 bridgehead atoms. The lowest BCUT2D eigenvalue weighted by atomic mass is 10.2. The first-order valence-corrected chi connectivity index (χ1v) is 8.83. The fourth-order valence-corrected chi connectivity index (χ4v) is 2.32. The van der Waals surface area contributed by atoms with E-state index in [1.165, 1.54) is 0 Å². The molecule has 8 heteroatoms. The molecule has 1 aliphatic heterocycles. The summed E-state index contributed by atoms with van der Waals surface area (Å²) in [7, 11) is 0. The maximum atomic E-state index is 12.0. The molecule has 1 rings (SSSR count). The second-order valence-corrected chi connectivity index (χ2v) is 5.85. The Labute approximate surface area is 134 Å². The summed E-state index contributed by atoms with van der Waals surface area (Å²) in [4.78, 5) is 35.5. The van der Waals surface area contributed by atoms with Gasteiger partial charge in [-0.05, 0) is 31.8 Å². The molecule has 1 heterocycles. The van der Waals surface area contributed by atoms with Crippen LogP contribution < -0.4 is 10.6 Å². The lowest BCUT2D eigenvalue weighted by Gasteiger charge is -2.17. The number of amides is 2. The highest BCUT2D eigenvalue weighted by molar-refractivity contribution is 7.98. The molecule has 0 aromatic rings. The molecule has 22 heavy (non-hydrogen) atoms. The second kappa shape index (κ2) is 9.68. The van der Waals surface area contributed by atoms with Crippen molar-refractivity contribution in [2.45, 2.75) is 44.9 Å². The molecule has 0 spiro atoms. The maximum absolute atomic E-state index is 12.0. The lowest BCUT2D eigenvalue weighted by Crippen LogP contribution is -2.48. The highest BCUT2D eigenvalue weighted by Crippen LogP contribution is 2.23. The van der Waals surface area contributed by atoms with Crippen LogP contribution in [-0.4, -0.2) is 61.2 Å². The molecule has 0 aromatic heterocycles. The molecule has 1 aliphatic rings. The van der Waals surface area contributed by atoms with Crippen LogP contribution in [0.5, 0.6) is 0 Å². The summed E-state index contributed by atoms with van der Waals surface area (Å²) in [6.45, 7) is 4.45. The number of ether oxygens (including phenoxy) is 2. The van der Waals surface area contributed by atoms with Crippen LogP contribution in [0.4, 0.5) is 0 Å². The Morgan fingerprint density at radius 1 is 1.27 bits per heavy atom. The van der Waals surface area contributed by atoms with Crippen molar-refractivity contribution in [2.75, 3.05) is 25.2 Å². The first-order chi connectivity index (χ1) is 10.5. The van der Waals surface area contributed by atoms with Crippen LogP contribution in [0.15, 0.2) is 0 Å². The summed E-state index contributed by atoms with van der Waals surface area (Å²) in [6.07, 6.45) is 1.59. The molecule has 0 aromatic carbocycles. The van der Waals surface area contributed by atoms with Gasteiger partial charge in [-0.3, -0.25) is 9.59 Å². The molecule has 0 unspecified atom stereocenters. The van der Waals surface area contributed by atoms with Gasteiger partial charge in [-0.2, -0.15) is 11.8 Å². The average Bonchev–Trinajstić information content (AvgIpc) is 3.29. The third kappa shape index (κ3) is 5.84. The monoisotopic (exact) mass is 332 g/mol. The van der Waals surface area contributed by atoms with Gasteiger partial charge in [-0.15, -0.1) is 0 Å². The van der Waals surface area contributed by atoms with Crippen molar-refractivity contribution in [3.63, 3.8) is 0 Å². The first-order valence-electron chi connectivity index (χ1n) is 7.44. The molecule has 3 atom stereocenters. The number of esters is 1. The van der Waals surface area contributed by atoms with Gasteiger partial charge in [0.15, 0.2) is 12.2 Å². The molecule has 0 radical (unpaired) electrons. The quantitative estimate of drug-likeness (QED) is 0.434. The van der Waals surface area contributed by atoms with Crippen molar-refractivity contribution < 1.29 is 23.9 Å². The van der Waals surface area contributed by atoms with Gasteiger partial charge in [-0.1, -0.05) is 6.92 Å². The first kappa shape index (κ1) is 18.8. The summed E-state index contributed by atoms with van der Waals surface area (Å²) in [6, 6.07) is -0.612. The Balaban J connectivity index is 2.49. The smallest absolute Gasteiger partial charge is 0.338 e. The minimum atomic E-state index is -0.852. The van der Waals surface area contributed by atoms with Gasteiger partial charge in [-0.25, -0.2) is 4.79 Å². The van der Waals surface area contributed by atoms with E-state index in [-0.39, 0.29) is 12.5 Å². The van der Waals surface area contributed by atoms with E-state index >= 15 is 0 Å². The number of carbonyl (C=O) groups is 3. The van der Waals surface area contributed by atoms with Crippen molar-refractivity contribution in [3.8, 4) is 0 Å². The summed E-state index contributed by atoms with van der Waals surface area (Å²) >= 11 is 1.60. The number of epoxide rings is 1. The predicted molar refractivity (Wildman–Crippen MR) is 83.5 cm³/mol. The van der Waals surface area contributed by atoms with E-state index < -0.39 is 30.1 Å². The normalized spacial score (nSPS) is 20.9. The molecule has 0 aliphatic carbocycles. The molecule has 2 amide bonds. The molecule has 126 valence electrons. The summed E-state index contributed by atoms with van der Waals surface area (Å²) < 4.78 is 9.83. The SMILES string of the molecule is CCCNC(=O)[C@H](CCSC)NC(=O)[C@H]1O[C@@H]1C(=O)OCC. The molecule has 2 N–H and O–H groups in total. The lowest BCUT2D eigenvalue weighted by molar-refractivity contribution is -0.144. The largest absolute Gasteiger partial charge is 0.464 e. The predicted octanol–water partition coefficient (Wildman–Crippen LogP) is 0.0810. The van der Waals surface area contributed by atoms with Crippen LogP contribution in [-0.2, 0) is 23.9 Å². The number of nitrogens with one attached hydrogen (secondary N) is 2. The Morgan fingerprint density at radius 2 is 2.00 bits per heavy atom. The highest BCUT2D eigenvalue weighted by atomic mass is 32.2. The molecule has 0 saturated carbocycles. The van der Waals surface area contributed by atoms with E-state index in [1.807, 2.05) is 13.2 Å². The summed E-state index contributed by atoms with van der Waals surface area (Å²) in [5.41, 5.74) is 0. The average molecular weight is 332 g/mol. The molecule has 7 nitrogen and oxygen atoms in total. The van der Waals surface area contributed by atoms with Crippen LogP contribution in [0.3, 0.4) is 0 Å². The molecule has 1 fully saturated rings. The number of thioether (sulfide) groups is 1. The van der Waals surface area contributed by atoms with Crippen molar-refractivity contribution in [3.05, 3.63) is 0 Å². The van der Waals surface area contributed by atoms with Gasteiger partial charge in [0, 0.05) is 6.54 Å². The second-order valence-electron chi connectivity index (χ2n) is 4.86. The van der Waals surface area contributed by atoms with Crippen molar-refractivity contribution in [1.82, 2.24) is 10.6 Å². The third-order valence-corrected chi connectivity index (χ3v) is 3.71. The number of rotatable bonds is 10. The standard InChI is InChI=1S/C14H24N2O5S/c1-4-7-15-12(17)9(6-8-22-3)16-13(18)10-11(21-10)14(19)20-5-2/h9-11H,4-8H2,1-3H3,(H,15,17)(H,16,18)/t9-,10-,11-/m0/s1. The fourth-order valence-electron chi connectivity index (χ4n) is 1.85. The van der Waals surface area contributed by atoms with Crippen LogP contribution in [0.1, 0.15) is 26.7 Å². The Kier molecular flexibility index (Phi) is 8.26. The maximum Gasteiger partial charge on any atom is 0.338 e. The van der Waals surface area contributed by atoms with E-state index in [2.05, 4.69) is 10.6 Å². The van der Waals surface area contributed by atoms with Crippen molar-refractivity contribution in [1.29, 1.82) is 0 Å². The molecular formula is C14H24N2O5S. The van der Waals surface area contributed by atoms with E-state index in [9.17, 15) is 14.4 Å². The molecule has 1 saturated heterocycles. The van der Waals surface area contributed by atoms with Gasteiger partial charge in [0.05, 0.1) is 6.61 Å². The van der Waals surface area contributed by atoms with Gasteiger partial charge < -0.3 is 20.1 Å². The zero-order valence-electron chi connectivity index (χ0n) is 13.2. The highest BCUT2D eigenvalue weighted by Gasteiger charge is 2.52. The minimum absolute atomic E-state index is 0.211. The van der Waals surface area contributed by atoms with Gasteiger partial charge in [0.25, 0.3) is 5.91 Å². The topological polar surface area (TPSA) is 97.0 Å². The van der Waals surface area contributed by atoms with E-state index in [4.69, 9.17) is 9.47 Å². The zero-order chi connectivity index (χ0) is 16.5. The van der Waals surface area contributed by atoms with E-state index in [0.717, 1.165) is 12.2 Å². The fraction of sp³-hybridized carbons (Fsp3) is 0.786. The van der Waals surface area contributed by atoms with Crippen molar-refractivity contribution in [2.24, 2.45) is 0 Å². The number of hydrogen-bond donors (Lipinski definition) is 2. The Morgan fingerprint density at radius 3 is 2.59 bits per heavy atom. The number of carbonyl (C=O) groups excluding carboxylic acids is 3. The Bertz CT molecular complexity index is 405. The third-order valence-electron chi connectivity index (χ3n) is 3.06. The van der Waals surface area contributed by atoms with Crippen LogP contribution in [0.25, 0.3) is 0 Å². The van der Waals surface area contributed by atoms with Gasteiger partial charge in [0.2, 0.25) is 5.91 Å². The number of hydrogen-bond acceptors (Lipinski definition) is 6. The van der Waals surface area contributed by atoms with E-state index in [0.29, 0.717) is 13.0 Å². The van der Waals surface area contributed by atoms with E-state index in [1.54, 1.807) is 18.7 Å². The van der Waals surface area contributed by atoms with Crippen LogP contribution in [0, 0.1) is 0 Å². The van der Waals surface area contributed by atoms with Crippen molar-refractivity contribution >= 4 is 29.5 Å². The Hall–Kier alpha value is -1.28. The summed E-state index contributed by atoms with van der Waals surface area (Å²) in [5, 5.41) is 5.42. The van der Waals surface area contributed by atoms with Gasteiger partial charge in [0.1, 0.15) is 6.04 Å². The van der Waals surface area contributed by atoms with Gasteiger partial charge >= 0.3 is 5.97 Å². The zero-order valence-corrected chi connectivity index (χ0v) is 14.0. The summed E-state index contributed by atoms with van der Waals surface area (Å²) in [5.74, 6) is -0.454. The molecular weight excluding hydrogens is 308 g/mol.